The first-order valence-corrected chi connectivity index (χ1v) is 8.72. The Bertz CT molecular complexity index is 604. The number of anilines is 1. The molecule has 0 aliphatic carbocycles. The van der Waals surface area contributed by atoms with Crippen molar-refractivity contribution in [1.29, 1.82) is 0 Å². The Morgan fingerprint density at radius 1 is 1.17 bits per heavy atom. The molecule has 0 spiro atoms. The normalized spacial score (nSPS) is 16.1. The van der Waals surface area contributed by atoms with Crippen molar-refractivity contribution in [3.63, 3.8) is 0 Å². The van der Waals surface area contributed by atoms with Crippen LogP contribution < -0.4 is 10.2 Å². The minimum atomic E-state index is 0.0859. The van der Waals surface area contributed by atoms with E-state index in [4.69, 9.17) is 0 Å². The minimum Gasteiger partial charge on any atom is -0.350 e. The molecule has 6 nitrogen and oxygen atoms in total. The van der Waals surface area contributed by atoms with Gasteiger partial charge in [0.1, 0.15) is 0 Å². The summed E-state index contributed by atoms with van der Waals surface area (Å²) in [6.45, 7) is 4.63. The summed E-state index contributed by atoms with van der Waals surface area (Å²) < 4.78 is 0. The second-order valence-electron chi connectivity index (χ2n) is 5.52. The van der Waals surface area contributed by atoms with Gasteiger partial charge in [-0.15, -0.1) is 11.3 Å². The van der Waals surface area contributed by atoms with Crippen molar-refractivity contribution in [2.24, 2.45) is 0 Å². The fourth-order valence-corrected chi connectivity index (χ4v) is 3.29. The average molecular weight is 331 g/mol. The van der Waals surface area contributed by atoms with Gasteiger partial charge in [0.2, 0.25) is 11.9 Å². The van der Waals surface area contributed by atoms with Crippen molar-refractivity contribution in [1.82, 2.24) is 20.2 Å². The lowest BCUT2D eigenvalue weighted by Gasteiger charge is -2.21. The van der Waals surface area contributed by atoms with Gasteiger partial charge in [-0.3, -0.25) is 9.69 Å². The molecule has 2 aromatic heterocycles. The molecule has 3 rings (SSSR count). The van der Waals surface area contributed by atoms with E-state index in [1.165, 1.54) is 4.88 Å². The first-order chi connectivity index (χ1) is 11.3. The molecule has 122 valence electrons. The predicted molar refractivity (Wildman–Crippen MR) is 91.5 cm³/mol. The summed E-state index contributed by atoms with van der Waals surface area (Å²) in [6.07, 6.45) is 4.54. The molecule has 3 heterocycles. The molecular weight excluding hydrogens is 310 g/mol. The van der Waals surface area contributed by atoms with Gasteiger partial charge >= 0.3 is 0 Å². The number of thiophene rings is 1. The standard InChI is InChI=1S/C16H21N5OS/c22-15(19-12-14-4-1-11-23-14)13-20-7-3-8-21(10-9-20)16-17-5-2-6-18-16/h1-2,4-6,11H,3,7-10,12-13H2,(H,19,22). The number of amides is 1. The maximum absolute atomic E-state index is 12.1. The van der Waals surface area contributed by atoms with Crippen molar-refractivity contribution in [2.75, 3.05) is 37.6 Å². The summed E-state index contributed by atoms with van der Waals surface area (Å²) in [5, 5.41) is 5.01. The third kappa shape index (κ3) is 4.74. The number of carbonyl (C=O) groups excluding carboxylic acids is 1. The van der Waals surface area contributed by atoms with Crippen LogP contribution in [0.25, 0.3) is 0 Å². The van der Waals surface area contributed by atoms with E-state index in [1.54, 1.807) is 23.7 Å². The van der Waals surface area contributed by atoms with Crippen LogP contribution in [0.1, 0.15) is 11.3 Å². The second-order valence-corrected chi connectivity index (χ2v) is 6.55. The van der Waals surface area contributed by atoms with Crippen LogP contribution in [0.2, 0.25) is 0 Å². The lowest BCUT2D eigenvalue weighted by Crippen LogP contribution is -2.39. The van der Waals surface area contributed by atoms with E-state index >= 15 is 0 Å². The van der Waals surface area contributed by atoms with Crippen LogP contribution in [0.3, 0.4) is 0 Å². The quantitative estimate of drug-likeness (QED) is 0.896. The van der Waals surface area contributed by atoms with Crippen LogP contribution in [-0.2, 0) is 11.3 Å². The molecule has 0 bridgehead atoms. The second kappa shape index (κ2) is 8.03. The number of nitrogens with one attached hydrogen (secondary N) is 1. The van der Waals surface area contributed by atoms with Crippen molar-refractivity contribution in [2.45, 2.75) is 13.0 Å². The van der Waals surface area contributed by atoms with Gasteiger partial charge in [0.05, 0.1) is 13.1 Å². The largest absolute Gasteiger partial charge is 0.350 e. The van der Waals surface area contributed by atoms with Crippen molar-refractivity contribution in [3.8, 4) is 0 Å². The zero-order valence-corrected chi connectivity index (χ0v) is 13.8. The summed E-state index contributed by atoms with van der Waals surface area (Å²) in [5.74, 6) is 0.860. The van der Waals surface area contributed by atoms with Crippen LogP contribution >= 0.6 is 11.3 Å². The number of rotatable bonds is 5. The molecule has 1 N–H and O–H groups in total. The lowest BCUT2D eigenvalue weighted by molar-refractivity contribution is -0.122. The molecule has 1 fully saturated rings. The highest BCUT2D eigenvalue weighted by molar-refractivity contribution is 7.09. The molecule has 7 heteroatoms. The van der Waals surface area contributed by atoms with Crippen LogP contribution in [0.5, 0.6) is 0 Å². The Morgan fingerprint density at radius 3 is 2.83 bits per heavy atom. The van der Waals surface area contributed by atoms with Gasteiger partial charge in [-0.05, 0) is 23.9 Å². The maximum atomic E-state index is 12.1. The Kier molecular flexibility index (Phi) is 5.55. The number of hydrogen-bond acceptors (Lipinski definition) is 6. The highest BCUT2D eigenvalue weighted by Crippen LogP contribution is 2.10. The third-order valence-electron chi connectivity index (χ3n) is 3.83. The predicted octanol–water partition coefficient (Wildman–Crippen LogP) is 1.37. The smallest absolute Gasteiger partial charge is 0.234 e. The molecule has 0 unspecified atom stereocenters. The topological polar surface area (TPSA) is 61.4 Å². The highest BCUT2D eigenvalue weighted by atomic mass is 32.1. The summed E-state index contributed by atoms with van der Waals surface area (Å²) >= 11 is 1.66. The SMILES string of the molecule is O=C(CN1CCCN(c2ncccn2)CC1)NCc1cccs1. The molecule has 0 radical (unpaired) electrons. The van der Waals surface area contributed by atoms with Crippen LogP contribution in [0.4, 0.5) is 5.95 Å². The Balaban J connectivity index is 1.45. The molecule has 1 aliphatic heterocycles. The van der Waals surface area contributed by atoms with Crippen LogP contribution in [0, 0.1) is 0 Å². The summed E-state index contributed by atoms with van der Waals surface area (Å²) in [5.41, 5.74) is 0. The molecule has 0 saturated carbocycles. The molecule has 1 saturated heterocycles. The Hall–Kier alpha value is -1.99. The van der Waals surface area contributed by atoms with Crippen LogP contribution in [0.15, 0.2) is 36.0 Å². The number of carbonyl (C=O) groups is 1. The van der Waals surface area contributed by atoms with Gasteiger partial charge in [0, 0.05) is 43.4 Å². The highest BCUT2D eigenvalue weighted by Gasteiger charge is 2.18. The Labute approximate surface area is 140 Å². The molecule has 2 aromatic rings. The van der Waals surface area contributed by atoms with Gasteiger partial charge in [0.15, 0.2) is 0 Å². The fourth-order valence-electron chi connectivity index (χ4n) is 2.64. The lowest BCUT2D eigenvalue weighted by atomic mass is 10.3. The molecule has 0 aromatic carbocycles. The van der Waals surface area contributed by atoms with Gasteiger partial charge in [-0.2, -0.15) is 0 Å². The Morgan fingerprint density at radius 2 is 2.04 bits per heavy atom. The molecular formula is C16H21N5OS. The van der Waals surface area contributed by atoms with Crippen molar-refractivity contribution < 1.29 is 4.79 Å². The zero-order chi connectivity index (χ0) is 15.9. The van der Waals surface area contributed by atoms with E-state index in [2.05, 4.69) is 25.1 Å². The van der Waals surface area contributed by atoms with E-state index < -0.39 is 0 Å². The third-order valence-corrected chi connectivity index (χ3v) is 4.71. The summed E-state index contributed by atoms with van der Waals surface area (Å²) in [6, 6.07) is 5.86. The monoisotopic (exact) mass is 331 g/mol. The fraction of sp³-hybridized carbons (Fsp3) is 0.438. The number of nitrogens with zero attached hydrogens (tertiary/aromatic N) is 4. The van der Waals surface area contributed by atoms with E-state index in [9.17, 15) is 4.79 Å². The van der Waals surface area contributed by atoms with Crippen molar-refractivity contribution in [3.05, 3.63) is 40.8 Å². The van der Waals surface area contributed by atoms with E-state index in [-0.39, 0.29) is 5.91 Å². The first-order valence-electron chi connectivity index (χ1n) is 7.84. The number of hydrogen-bond donors (Lipinski definition) is 1. The van der Waals surface area contributed by atoms with Gasteiger partial charge in [0.25, 0.3) is 0 Å². The average Bonchev–Trinajstić information content (AvgIpc) is 3.00. The number of aromatic nitrogens is 2. The molecule has 0 atom stereocenters. The van der Waals surface area contributed by atoms with Gasteiger partial charge < -0.3 is 10.2 Å². The van der Waals surface area contributed by atoms with E-state index in [0.29, 0.717) is 13.1 Å². The molecule has 1 aliphatic rings. The maximum Gasteiger partial charge on any atom is 0.234 e. The zero-order valence-electron chi connectivity index (χ0n) is 13.0. The van der Waals surface area contributed by atoms with E-state index in [1.807, 2.05) is 23.6 Å². The minimum absolute atomic E-state index is 0.0859. The van der Waals surface area contributed by atoms with Crippen LogP contribution in [-0.4, -0.2) is 53.5 Å². The van der Waals surface area contributed by atoms with Crippen molar-refractivity contribution >= 4 is 23.2 Å². The van der Waals surface area contributed by atoms with Gasteiger partial charge in [-0.25, -0.2) is 9.97 Å². The first kappa shape index (κ1) is 15.9. The van der Waals surface area contributed by atoms with E-state index in [0.717, 1.165) is 38.5 Å². The molecule has 23 heavy (non-hydrogen) atoms. The van der Waals surface area contributed by atoms with Gasteiger partial charge in [-0.1, -0.05) is 6.07 Å². The summed E-state index contributed by atoms with van der Waals surface area (Å²) in [7, 11) is 0. The summed E-state index contributed by atoms with van der Waals surface area (Å²) in [4.78, 5) is 26.3. The molecule has 1 amide bonds.